The lowest BCUT2D eigenvalue weighted by atomic mass is 9.79. The zero-order valence-electron chi connectivity index (χ0n) is 19.8. The first-order valence-electron chi connectivity index (χ1n) is 11.9. The van der Waals surface area contributed by atoms with Gasteiger partial charge in [-0.25, -0.2) is 9.37 Å². The van der Waals surface area contributed by atoms with Crippen LogP contribution in [-0.2, 0) is 4.79 Å². The average Bonchev–Trinajstić information content (AvgIpc) is 2.87. The van der Waals surface area contributed by atoms with E-state index >= 15 is 4.39 Å². The number of alkyl halides is 1. The number of carboxylic acids is 1. The molecule has 3 atom stereocenters. The number of fused-ring (bicyclic) bond motifs is 1. The number of thioether (sulfide) groups is 1. The van der Waals surface area contributed by atoms with Crippen molar-refractivity contribution in [3.63, 3.8) is 0 Å². The summed E-state index contributed by atoms with van der Waals surface area (Å²) in [7, 11) is 1.59. The van der Waals surface area contributed by atoms with E-state index in [4.69, 9.17) is 4.74 Å². The van der Waals surface area contributed by atoms with Gasteiger partial charge < -0.3 is 14.7 Å². The van der Waals surface area contributed by atoms with Gasteiger partial charge in [-0.05, 0) is 67.5 Å². The number of pyridine rings is 1. The van der Waals surface area contributed by atoms with Gasteiger partial charge in [-0.2, -0.15) is 0 Å². The molecule has 1 fully saturated rings. The highest BCUT2D eigenvalue weighted by Gasteiger charge is 2.31. The van der Waals surface area contributed by atoms with Crippen LogP contribution in [0.5, 0.6) is 5.75 Å². The first-order valence-corrected chi connectivity index (χ1v) is 12.9. The highest BCUT2D eigenvalue weighted by Crippen LogP contribution is 2.36. The van der Waals surface area contributed by atoms with Crippen LogP contribution in [0.3, 0.4) is 0 Å². The average molecular weight is 499 g/mol. The molecule has 1 aliphatic heterocycles. The Hall–Kier alpha value is -2.78. The number of aromatic nitrogens is 3. The van der Waals surface area contributed by atoms with Crippen molar-refractivity contribution in [2.45, 2.75) is 36.9 Å². The van der Waals surface area contributed by atoms with E-state index in [0.29, 0.717) is 24.2 Å². The van der Waals surface area contributed by atoms with E-state index in [1.54, 1.807) is 49.7 Å². The number of methoxy groups -OCH3 is 1. The van der Waals surface area contributed by atoms with Crippen molar-refractivity contribution in [1.82, 2.24) is 19.9 Å². The summed E-state index contributed by atoms with van der Waals surface area (Å²) in [6.45, 7) is 2.49. The minimum atomic E-state index is -1.14. The SMILES string of the molecule is COc1ccc2nccc([C@@H](F)CC[C@@H]3CCN(CCSc4cnccn4)C[C@@H]3CC(=O)O)c2c1. The van der Waals surface area contributed by atoms with Gasteiger partial charge in [0, 0.05) is 49.2 Å². The molecule has 1 saturated heterocycles. The van der Waals surface area contributed by atoms with Gasteiger partial charge >= 0.3 is 5.97 Å². The topological polar surface area (TPSA) is 88.4 Å². The molecule has 0 radical (unpaired) electrons. The number of rotatable bonds is 11. The minimum Gasteiger partial charge on any atom is -0.497 e. The van der Waals surface area contributed by atoms with E-state index in [0.717, 1.165) is 47.7 Å². The highest BCUT2D eigenvalue weighted by molar-refractivity contribution is 7.99. The molecule has 7 nitrogen and oxygen atoms in total. The third-order valence-corrected chi connectivity index (χ3v) is 7.61. The number of hydrogen-bond acceptors (Lipinski definition) is 7. The Bertz CT molecular complexity index is 1120. The Morgan fingerprint density at radius 1 is 1.26 bits per heavy atom. The lowest BCUT2D eigenvalue weighted by molar-refractivity contribution is -0.139. The second kappa shape index (κ2) is 12.3. The second-order valence-electron chi connectivity index (χ2n) is 8.93. The van der Waals surface area contributed by atoms with Crippen molar-refractivity contribution in [1.29, 1.82) is 0 Å². The summed E-state index contributed by atoms with van der Waals surface area (Å²) < 4.78 is 20.7. The van der Waals surface area contributed by atoms with Crippen molar-refractivity contribution in [3.8, 4) is 5.75 Å². The Morgan fingerprint density at radius 3 is 2.91 bits per heavy atom. The monoisotopic (exact) mass is 498 g/mol. The van der Waals surface area contributed by atoms with Gasteiger partial charge in [-0.15, -0.1) is 11.8 Å². The molecular weight excluding hydrogens is 467 g/mol. The van der Waals surface area contributed by atoms with E-state index in [1.165, 1.54) is 0 Å². The Labute approximate surface area is 209 Å². The van der Waals surface area contributed by atoms with Crippen LogP contribution in [0, 0.1) is 11.8 Å². The number of piperidine rings is 1. The van der Waals surface area contributed by atoms with Crippen molar-refractivity contribution >= 4 is 28.6 Å². The van der Waals surface area contributed by atoms with Gasteiger partial charge in [0.1, 0.15) is 16.9 Å². The maximum atomic E-state index is 15.4. The predicted molar refractivity (Wildman–Crippen MR) is 134 cm³/mol. The molecular formula is C26H31FN4O3S. The lowest BCUT2D eigenvalue weighted by Gasteiger charge is -2.38. The third kappa shape index (κ3) is 6.89. The van der Waals surface area contributed by atoms with Crippen molar-refractivity contribution < 1.29 is 19.0 Å². The smallest absolute Gasteiger partial charge is 0.303 e. The van der Waals surface area contributed by atoms with E-state index in [9.17, 15) is 9.90 Å². The first kappa shape index (κ1) is 25.3. The number of aliphatic carboxylic acids is 1. The molecule has 0 spiro atoms. The van der Waals surface area contributed by atoms with Crippen LogP contribution >= 0.6 is 11.8 Å². The van der Waals surface area contributed by atoms with Crippen LogP contribution in [0.25, 0.3) is 10.9 Å². The van der Waals surface area contributed by atoms with Crippen LogP contribution in [0.2, 0.25) is 0 Å². The molecule has 0 unspecified atom stereocenters. The van der Waals surface area contributed by atoms with Gasteiger partial charge in [0.05, 0.1) is 18.8 Å². The molecule has 0 amide bonds. The predicted octanol–water partition coefficient (Wildman–Crippen LogP) is 5.03. The van der Waals surface area contributed by atoms with Crippen molar-refractivity contribution in [2.75, 3.05) is 32.5 Å². The maximum absolute atomic E-state index is 15.4. The maximum Gasteiger partial charge on any atom is 0.303 e. The van der Waals surface area contributed by atoms with Crippen LogP contribution in [0.15, 0.2) is 54.1 Å². The lowest BCUT2D eigenvalue weighted by Crippen LogP contribution is -2.42. The summed E-state index contributed by atoms with van der Waals surface area (Å²) in [5.41, 5.74) is 1.35. The fraction of sp³-hybridized carbons (Fsp3) is 0.462. The second-order valence-corrected chi connectivity index (χ2v) is 10.0. The first-order chi connectivity index (χ1) is 17.0. The van der Waals surface area contributed by atoms with E-state index < -0.39 is 12.1 Å². The van der Waals surface area contributed by atoms with Crippen LogP contribution in [0.1, 0.15) is 37.4 Å². The minimum absolute atomic E-state index is 0.0178. The number of likely N-dealkylation sites (tertiary alicyclic amines) is 1. The number of ether oxygens (including phenoxy) is 1. The number of halogens is 1. The molecule has 4 rings (SSSR count). The molecule has 35 heavy (non-hydrogen) atoms. The van der Waals surface area contributed by atoms with Crippen molar-refractivity contribution in [2.24, 2.45) is 11.8 Å². The Balaban J connectivity index is 1.35. The quantitative estimate of drug-likeness (QED) is 0.368. The molecule has 0 bridgehead atoms. The summed E-state index contributed by atoms with van der Waals surface area (Å²) >= 11 is 1.65. The van der Waals surface area contributed by atoms with Crippen LogP contribution in [0.4, 0.5) is 4.39 Å². The van der Waals surface area contributed by atoms with Crippen LogP contribution < -0.4 is 4.74 Å². The molecule has 3 heterocycles. The van der Waals surface area contributed by atoms with Crippen molar-refractivity contribution in [3.05, 3.63) is 54.6 Å². The zero-order chi connectivity index (χ0) is 24.6. The number of carboxylic acid groups (broad SMARTS) is 1. The molecule has 2 aromatic heterocycles. The van der Waals surface area contributed by atoms with Gasteiger partial charge in [-0.1, -0.05) is 0 Å². The summed E-state index contributed by atoms with van der Waals surface area (Å²) in [4.78, 5) is 26.6. The number of hydrogen-bond donors (Lipinski definition) is 1. The molecule has 0 saturated carbocycles. The molecule has 0 aliphatic carbocycles. The molecule has 9 heteroatoms. The summed E-state index contributed by atoms with van der Waals surface area (Å²) in [6, 6.07) is 7.22. The largest absolute Gasteiger partial charge is 0.497 e. The van der Waals surface area contributed by atoms with E-state index in [-0.39, 0.29) is 18.3 Å². The Kier molecular flexibility index (Phi) is 8.87. The Morgan fingerprint density at radius 2 is 2.14 bits per heavy atom. The van der Waals surface area contributed by atoms with E-state index in [2.05, 4.69) is 19.9 Å². The number of carbonyl (C=O) groups is 1. The standard InChI is InChI=1S/C26H31FN4O3S/c1-34-20-3-5-24-22(15-20)21(6-8-29-24)23(27)4-2-18-7-11-31(17-19(18)14-26(32)33)12-13-35-25-16-28-9-10-30-25/h3,5-6,8-10,15-16,18-19,23H,2,4,7,11-14,17H2,1H3,(H,32,33)/t18-,19+,23+/m1/s1. The van der Waals surface area contributed by atoms with Crippen LogP contribution in [-0.4, -0.2) is 63.4 Å². The van der Waals surface area contributed by atoms with Gasteiger partial charge in [0.2, 0.25) is 0 Å². The molecule has 186 valence electrons. The van der Waals surface area contributed by atoms with Gasteiger partial charge in [-0.3, -0.25) is 14.8 Å². The number of benzene rings is 1. The van der Waals surface area contributed by atoms with E-state index in [1.807, 2.05) is 18.2 Å². The fourth-order valence-electron chi connectivity index (χ4n) is 4.90. The molecule has 3 aromatic rings. The summed E-state index contributed by atoms with van der Waals surface area (Å²) in [5.74, 6) is 0.958. The molecule has 1 aliphatic rings. The zero-order valence-corrected chi connectivity index (χ0v) is 20.7. The van der Waals surface area contributed by atoms with Gasteiger partial charge in [0.15, 0.2) is 0 Å². The van der Waals surface area contributed by atoms with Gasteiger partial charge in [0.25, 0.3) is 0 Å². The normalized spacial score (nSPS) is 19.5. The third-order valence-electron chi connectivity index (χ3n) is 6.72. The highest BCUT2D eigenvalue weighted by atomic mass is 32.2. The summed E-state index contributed by atoms with van der Waals surface area (Å²) in [5, 5.41) is 11.1. The molecule has 1 N–H and O–H groups in total. The number of nitrogens with zero attached hydrogens (tertiary/aromatic N) is 4. The fourth-order valence-corrected chi connectivity index (χ4v) is 5.73. The molecule has 1 aromatic carbocycles. The summed E-state index contributed by atoms with van der Waals surface area (Å²) in [6.07, 6.45) is 7.60.